The van der Waals surface area contributed by atoms with E-state index in [1.165, 1.54) is 0 Å². The van der Waals surface area contributed by atoms with Crippen LogP contribution in [0.25, 0.3) is 0 Å². The van der Waals surface area contributed by atoms with Gasteiger partial charge in [-0.15, -0.1) is 11.7 Å². The van der Waals surface area contributed by atoms with E-state index in [9.17, 15) is 0 Å². The number of nitrogens with zero attached hydrogens (tertiary/aromatic N) is 4. The molecular formula is C8H10N4. The third kappa shape index (κ3) is 1.11. The van der Waals surface area contributed by atoms with Gasteiger partial charge >= 0.3 is 0 Å². The maximum Gasteiger partial charge on any atom is 0.172 e. The van der Waals surface area contributed by atoms with Crippen LogP contribution < -0.4 is 0 Å². The summed E-state index contributed by atoms with van der Waals surface area (Å²) in [7, 11) is 0. The fourth-order valence-corrected chi connectivity index (χ4v) is 1.15. The average Bonchev–Trinajstić information content (AvgIpc) is 2.51. The number of fused-ring (bicyclic) bond motifs is 1. The molecule has 0 spiro atoms. The normalized spacial score (nSPS) is 19.5. The second-order valence-electron chi connectivity index (χ2n) is 2.62. The van der Waals surface area contributed by atoms with Gasteiger partial charge in [0, 0.05) is 25.1 Å². The third-order valence-corrected chi connectivity index (χ3v) is 1.74. The summed E-state index contributed by atoms with van der Waals surface area (Å²) in [6, 6.07) is 0. The molecule has 0 aromatic rings. The van der Waals surface area contributed by atoms with Gasteiger partial charge in [-0.1, -0.05) is 6.08 Å². The van der Waals surface area contributed by atoms with Gasteiger partial charge in [-0.05, 0) is 0 Å². The zero-order chi connectivity index (χ0) is 8.39. The molecule has 2 heterocycles. The van der Waals surface area contributed by atoms with E-state index in [2.05, 4.69) is 16.8 Å². The highest BCUT2D eigenvalue weighted by Crippen LogP contribution is 2.19. The van der Waals surface area contributed by atoms with Crippen LogP contribution in [0.15, 0.2) is 47.3 Å². The largest absolute Gasteiger partial charge is 0.346 e. The Kier molecular flexibility index (Phi) is 1.66. The number of hydrogen-bond donors (Lipinski definition) is 0. The van der Waals surface area contributed by atoms with Crippen molar-refractivity contribution in [1.29, 1.82) is 0 Å². The lowest BCUT2D eigenvalue weighted by Gasteiger charge is -2.22. The molecule has 2 aliphatic rings. The lowest BCUT2D eigenvalue weighted by molar-refractivity contribution is 0.442. The van der Waals surface area contributed by atoms with Gasteiger partial charge in [0.2, 0.25) is 0 Å². The van der Waals surface area contributed by atoms with Crippen molar-refractivity contribution >= 4 is 0 Å². The summed E-state index contributed by atoms with van der Waals surface area (Å²) in [5, 5.41) is 7.88. The highest BCUT2D eigenvalue weighted by molar-refractivity contribution is 5.12. The number of azo groups is 1. The van der Waals surface area contributed by atoms with E-state index in [1.54, 1.807) is 0 Å². The number of hydrogen-bond acceptors (Lipinski definition) is 4. The van der Waals surface area contributed by atoms with Gasteiger partial charge in [-0.3, -0.25) is 0 Å². The van der Waals surface area contributed by atoms with E-state index in [4.69, 9.17) is 0 Å². The molecule has 0 unspecified atom stereocenters. The molecule has 0 radical (unpaired) electrons. The quantitative estimate of drug-likeness (QED) is 0.576. The summed E-state index contributed by atoms with van der Waals surface area (Å²) < 4.78 is 0. The Labute approximate surface area is 71.2 Å². The first-order chi connectivity index (χ1) is 5.90. The van der Waals surface area contributed by atoms with Crippen molar-refractivity contribution in [3.63, 3.8) is 0 Å². The van der Waals surface area contributed by atoms with Gasteiger partial charge < -0.3 is 9.80 Å². The molecular weight excluding hydrogens is 152 g/mol. The summed E-state index contributed by atoms with van der Waals surface area (Å²) in [5.74, 6) is 0.902. The van der Waals surface area contributed by atoms with Gasteiger partial charge in [0.15, 0.2) is 5.82 Å². The topological polar surface area (TPSA) is 31.2 Å². The zero-order valence-corrected chi connectivity index (χ0v) is 6.72. The maximum absolute atomic E-state index is 3.98. The molecule has 12 heavy (non-hydrogen) atoms. The molecule has 0 aliphatic carbocycles. The van der Waals surface area contributed by atoms with Gasteiger partial charge in [-0.25, -0.2) is 0 Å². The van der Waals surface area contributed by atoms with Crippen LogP contribution in [-0.4, -0.2) is 23.0 Å². The SMILES string of the molecule is C=CCN1C=CN2CN=NC2=C1. The lowest BCUT2D eigenvalue weighted by Crippen LogP contribution is -2.21. The Morgan fingerprint density at radius 3 is 3.33 bits per heavy atom. The van der Waals surface area contributed by atoms with Crippen molar-refractivity contribution in [2.75, 3.05) is 13.2 Å². The minimum Gasteiger partial charge on any atom is -0.346 e. The third-order valence-electron chi connectivity index (χ3n) is 1.74. The lowest BCUT2D eigenvalue weighted by atomic mass is 10.4. The molecule has 0 aromatic carbocycles. The molecule has 2 rings (SSSR count). The van der Waals surface area contributed by atoms with Gasteiger partial charge in [0.25, 0.3) is 0 Å². The van der Waals surface area contributed by atoms with E-state index in [-0.39, 0.29) is 0 Å². The standard InChI is InChI=1S/C8H10N4/c1-2-3-11-4-5-12-7-9-10-8(12)6-11/h2,4-6H,1,3,7H2. The van der Waals surface area contributed by atoms with Crippen molar-refractivity contribution in [1.82, 2.24) is 9.80 Å². The Morgan fingerprint density at radius 2 is 2.50 bits per heavy atom. The first-order valence-corrected chi connectivity index (χ1v) is 3.81. The molecule has 0 atom stereocenters. The molecule has 0 aromatic heterocycles. The van der Waals surface area contributed by atoms with Gasteiger partial charge in [0.1, 0.15) is 6.67 Å². The van der Waals surface area contributed by atoms with Crippen molar-refractivity contribution in [2.24, 2.45) is 10.2 Å². The number of rotatable bonds is 2. The van der Waals surface area contributed by atoms with E-state index < -0.39 is 0 Å². The molecule has 0 N–H and O–H groups in total. The molecule has 0 fully saturated rings. The van der Waals surface area contributed by atoms with Crippen LogP contribution in [0.5, 0.6) is 0 Å². The molecule has 0 amide bonds. The molecule has 0 saturated carbocycles. The Bertz CT molecular complexity index is 277. The van der Waals surface area contributed by atoms with Crippen LogP contribution in [0.4, 0.5) is 0 Å². The maximum atomic E-state index is 3.98. The van der Waals surface area contributed by atoms with E-state index in [1.807, 2.05) is 34.5 Å². The summed E-state index contributed by atoms with van der Waals surface area (Å²) in [4.78, 5) is 4.00. The molecule has 0 bridgehead atoms. The summed E-state index contributed by atoms with van der Waals surface area (Å²) in [6.07, 6.45) is 7.77. The monoisotopic (exact) mass is 162 g/mol. The van der Waals surface area contributed by atoms with Crippen LogP contribution >= 0.6 is 0 Å². The fraction of sp³-hybridized carbons (Fsp3) is 0.250. The Hall–Kier alpha value is -1.58. The molecule has 2 aliphatic heterocycles. The molecule has 4 nitrogen and oxygen atoms in total. The minimum absolute atomic E-state index is 0.643. The van der Waals surface area contributed by atoms with Crippen molar-refractivity contribution < 1.29 is 0 Å². The summed E-state index contributed by atoms with van der Waals surface area (Å²) >= 11 is 0. The smallest absolute Gasteiger partial charge is 0.172 e. The first-order valence-electron chi connectivity index (χ1n) is 3.81. The van der Waals surface area contributed by atoms with E-state index in [0.29, 0.717) is 6.67 Å². The predicted octanol–water partition coefficient (Wildman–Crippen LogP) is 1.48. The van der Waals surface area contributed by atoms with Crippen LogP contribution in [0.3, 0.4) is 0 Å². The second-order valence-corrected chi connectivity index (χ2v) is 2.62. The molecule has 4 heteroatoms. The highest BCUT2D eigenvalue weighted by Gasteiger charge is 2.15. The second kappa shape index (κ2) is 2.81. The Morgan fingerprint density at radius 1 is 1.58 bits per heavy atom. The Balaban J connectivity index is 2.13. The van der Waals surface area contributed by atoms with E-state index in [0.717, 1.165) is 12.4 Å². The summed E-state index contributed by atoms with van der Waals surface area (Å²) in [6.45, 7) is 5.12. The van der Waals surface area contributed by atoms with Crippen LogP contribution in [0.2, 0.25) is 0 Å². The van der Waals surface area contributed by atoms with E-state index >= 15 is 0 Å². The average molecular weight is 162 g/mol. The molecule has 0 saturated heterocycles. The minimum atomic E-state index is 0.643. The predicted molar refractivity (Wildman–Crippen MR) is 45.7 cm³/mol. The summed E-state index contributed by atoms with van der Waals surface area (Å²) in [5.41, 5.74) is 0. The van der Waals surface area contributed by atoms with Crippen LogP contribution in [0, 0.1) is 0 Å². The van der Waals surface area contributed by atoms with Crippen molar-refractivity contribution in [2.45, 2.75) is 0 Å². The first kappa shape index (κ1) is 7.09. The molecule has 62 valence electrons. The van der Waals surface area contributed by atoms with Gasteiger partial charge in [0.05, 0.1) is 0 Å². The van der Waals surface area contributed by atoms with Crippen molar-refractivity contribution in [3.05, 3.63) is 37.1 Å². The zero-order valence-electron chi connectivity index (χ0n) is 6.72. The van der Waals surface area contributed by atoms with Gasteiger partial charge in [-0.2, -0.15) is 5.11 Å². The van der Waals surface area contributed by atoms with Crippen LogP contribution in [0.1, 0.15) is 0 Å². The van der Waals surface area contributed by atoms with Crippen molar-refractivity contribution in [3.8, 4) is 0 Å². The highest BCUT2D eigenvalue weighted by atomic mass is 15.4. The fourth-order valence-electron chi connectivity index (χ4n) is 1.15. The van der Waals surface area contributed by atoms with Crippen LogP contribution in [-0.2, 0) is 0 Å².